The van der Waals surface area contributed by atoms with Crippen LogP contribution in [-0.2, 0) is 0 Å². The summed E-state index contributed by atoms with van der Waals surface area (Å²) >= 11 is 5.62. The van der Waals surface area contributed by atoms with Crippen molar-refractivity contribution in [1.29, 1.82) is 0 Å². The first-order valence-corrected chi connectivity index (χ1v) is 4.87. The second-order valence-corrected chi connectivity index (χ2v) is 3.50. The van der Waals surface area contributed by atoms with E-state index in [0.29, 0.717) is 17.2 Å². The lowest BCUT2D eigenvalue weighted by molar-refractivity contribution is 0.482. The van der Waals surface area contributed by atoms with Crippen molar-refractivity contribution in [3.8, 4) is 11.5 Å². The number of anilines is 1. The maximum Gasteiger partial charge on any atom is 0.153 e. The molecule has 82 valence electrons. The van der Waals surface area contributed by atoms with Crippen LogP contribution in [0.1, 0.15) is 0 Å². The summed E-state index contributed by atoms with van der Waals surface area (Å²) in [6.07, 6.45) is 3.03. The van der Waals surface area contributed by atoms with Gasteiger partial charge in [-0.15, -0.1) is 0 Å². The van der Waals surface area contributed by atoms with E-state index >= 15 is 0 Å². The first kappa shape index (κ1) is 10.7. The Morgan fingerprint density at radius 3 is 2.81 bits per heavy atom. The molecule has 1 aromatic heterocycles. The lowest BCUT2D eigenvalue weighted by atomic mass is 10.3. The van der Waals surface area contributed by atoms with E-state index in [2.05, 4.69) is 4.98 Å². The van der Waals surface area contributed by atoms with E-state index < -0.39 is 5.82 Å². The highest BCUT2D eigenvalue weighted by molar-refractivity contribution is 6.30. The number of pyridine rings is 1. The summed E-state index contributed by atoms with van der Waals surface area (Å²) in [4.78, 5) is 3.83. The zero-order valence-electron chi connectivity index (χ0n) is 8.15. The molecule has 16 heavy (non-hydrogen) atoms. The number of rotatable bonds is 2. The van der Waals surface area contributed by atoms with Crippen LogP contribution in [0.2, 0.25) is 5.02 Å². The molecule has 1 heterocycles. The topological polar surface area (TPSA) is 48.1 Å². The minimum Gasteiger partial charge on any atom is -0.455 e. The normalized spacial score (nSPS) is 10.1. The number of nitrogens with zero attached hydrogens (tertiary/aromatic N) is 1. The largest absolute Gasteiger partial charge is 0.455 e. The predicted octanol–water partition coefficient (Wildman–Crippen LogP) is 3.25. The fourth-order valence-corrected chi connectivity index (χ4v) is 1.32. The Balaban J connectivity index is 2.28. The maximum atomic E-state index is 12.9. The van der Waals surface area contributed by atoms with Gasteiger partial charge in [-0.1, -0.05) is 11.6 Å². The van der Waals surface area contributed by atoms with Crippen LogP contribution in [0, 0.1) is 5.82 Å². The lowest BCUT2D eigenvalue weighted by Crippen LogP contribution is -1.92. The molecule has 2 rings (SSSR count). The molecule has 0 amide bonds. The van der Waals surface area contributed by atoms with Crippen LogP contribution < -0.4 is 10.5 Å². The Labute approximate surface area is 96.6 Å². The van der Waals surface area contributed by atoms with E-state index in [9.17, 15) is 4.39 Å². The quantitative estimate of drug-likeness (QED) is 0.874. The van der Waals surface area contributed by atoms with Gasteiger partial charge in [0, 0.05) is 18.3 Å². The molecule has 0 saturated heterocycles. The molecule has 2 N–H and O–H groups in total. The number of aromatic nitrogens is 1. The smallest absolute Gasteiger partial charge is 0.153 e. The van der Waals surface area contributed by atoms with Gasteiger partial charge in [0.05, 0.1) is 16.9 Å². The van der Waals surface area contributed by atoms with E-state index in [4.69, 9.17) is 22.1 Å². The monoisotopic (exact) mass is 238 g/mol. The van der Waals surface area contributed by atoms with Crippen molar-refractivity contribution in [3.63, 3.8) is 0 Å². The number of hydrogen-bond acceptors (Lipinski definition) is 3. The van der Waals surface area contributed by atoms with Gasteiger partial charge in [0.15, 0.2) is 5.75 Å². The molecule has 0 aliphatic carbocycles. The summed E-state index contributed by atoms with van der Waals surface area (Å²) in [6.45, 7) is 0. The third kappa shape index (κ3) is 2.23. The minimum absolute atomic E-state index is 0.00475. The predicted molar refractivity (Wildman–Crippen MR) is 60.1 cm³/mol. The molecule has 0 atom stereocenters. The van der Waals surface area contributed by atoms with Crippen LogP contribution in [0.4, 0.5) is 10.1 Å². The standard InChI is InChI=1S/C11H8ClFN2O/c12-8-5-7(1-2-9(8)13)16-11-3-4-15-6-10(11)14/h1-6H,14H2. The lowest BCUT2D eigenvalue weighted by Gasteiger charge is -2.07. The molecule has 0 radical (unpaired) electrons. The zero-order chi connectivity index (χ0) is 11.5. The van der Waals surface area contributed by atoms with E-state index in [1.54, 1.807) is 12.3 Å². The summed E-state index contributed by atoms with van der Waals surface area (Å²) < 4.78 is 18.3. The first-order chi connectivity index (χ1) is 7.66. The Hall–Kier alpha value is -1.81. The van der Waals surface area contributed by atoms with Crippen molar-refractivity contribution in [1.82, 2.24) is 4.98 Å². The third-order valence-electron chi connectivity index (χ3n) is 1.93. The highest BCUT2D eigenvalue weighted by atomic mass is 35.5. The van der Waals surface area contributed by atoms with Crippen LogP contribution >= 0.6 is 11.6 Å². The van der Waals surface area contributed by atoms with Crippen molar-refractivity contribution in [2.24, 2.45) is 0 Å². The molecule has 0 unspecified atom stereocenters. The highest BCUT2D eigenvalue weighted by Crippen LogP contribution is 2.28. The van der Waals surface area contributed by atoms with Gasteiger partial charge < -0.3 is 10.5 Å². The van der Waals surface area contributed by atoms with Crippen LogP contribution in [0.15, 0.2) is 36.7 Å². The summed E-state index contributed by atoms with van der Waals surface area (Å²) in [6, 6.07) is 5.71. The Morgan fingerprint density at radius 1 is 1.31 bits per heavy atom. The molecule has 0 aliphatic heterocycles. The molecule has 0 spiro atoms. The summed E-state index contributed by atoms with van der Waals surface area (Å²) in [5.41, 5.74) is 6.05. The van der Waals surface area contributed by atoms with Crippen molar-refractivity contribution >= 4 is 17.3 Å². The van der Waals surface area contributed by atoms with Crippen LogP contribution in [0.3, 0.4) is 0 Å². The van der Waals surface area contributed by atoms with Gasteiger partial charge >= 0.3 is 0 Å². The van der Waals surface area contributed by atoms with Crippen LogP contribution in [-0.4, -0.2) is 4.98 Å². The number of nitrogen functional groups attached to an aromatic ring is 1. The van der Waals surface area contributed by atoms with E-state index in [-0.39, 0.29) is 5.02 Å². The molecule has 0 bridgehead atoms. The summed E-state index contributed by atoms with van der Waals surface area (Å²) in [5.74, 6) is 0.388. The van der Waals surface area contributed by atoms with Crippen molar-refractivity contribution in [3.05, 3.63) is 47.5 Å². The fourth-order valence-electron chi connectivity index (χ4n) is 1.15. The molecule has 3 nitrogen and oxygen atoms in total. The van der Waals surface area contributed by atoms with Gasteiger partial charge in [0.25, 0.3) is 0 Å². The number of ether oxygens (including phenoxy) is 1. The minimum atomic E-state index is -0.489. The number of nitrogens with two attached hydrogens (primary N) is 1. The third-order valence-corrected chi connectivity index (χ3v) is 2.22. The Bertz CT molecular complexity index is 519. The van der Waals surface area contributed by atoms with Crippen LogP contribution in [0.25, 0.3) is 0 Å². The average molecular weight is 239 g/mol. The molecular formula is C11H8ClFN2O. The van der Waals surface area contributed by atoms with Gasteiger partial charge in [-0.3, -0.25) is 4.98 Å². The van der Waals surface area contributed by atoms with Gasteiger partial charge in [-0.05, 0) is 12.1 Å². The molecule has 1 aromatic carbocycles. The van der Waals surface area contributed by atoms with Crippen molar-refractivity contribution in [2.75, 3.05) is 5.73 Å². The van der Waals surface area contributed by atoms with Gasteiger partial charge in [0.2, 0.25) is 0 Å². The van der Waals surface area contributed by atoms with E-state index in [1.165, 1.54) is 24.4 Å². The molecule has 5 heteroatoms. The molecule has 0 fully saturated rings. The zero-order valence-corrected chi connectivity index (χ0v) is 8.91. The SMILES string of the molecule is Nc1cnccc1Oc1ccc(F)c(Cl)c1. The van der Waals surface area contributed by atoms with Crippen molar-refractivity contribution in [2.45, 2.75) is 0 Å². The second-order valence-electron chi connectivity index (χ2n) is 3.09. The van der Waals surface area contributed by atoms with Gasteiger partial charge in [0.1, 0.15) is 11.6 Å². The summed E-state index contributed by atoms with van der Waals surface area (Å²) in [5, 5.41) is 0.00475. The van der Waals surface area contributed by atoms with Gasteiger partial charge in [-0.25, -0.2) is 4.39 Å². The Morgan fingerprint density at radius 2 is 2.12 bits per heavy atom. The molecule has 2 aromatic rings. The Kier molecular flexibility index (Phi) is 2.92. The number of benzene rings is 1. The molecule has 0 saturated carbocycles. The molecule has 0 aliphatic rings. The first-order valence-electron chi connectivity index (χ1n) is 4.49. The van der Waals surface area contributed by atoms with Crippen molar-refractivity contribution < 1.29 is 9.13 Å². The molecular weight excluding hydrogens is 231 g/mol. The number of hydrogen-bond donors (Lipinski definition) is 1. The van der Waals surface area contributed by atoms with Crippen LogP contribution in [0.5, 0.6) is 11.5 Å². The average Bonchev–Trinajstić information content (AvgIpc) is 2.27. The number of halogens is 2. The van der Waals surface area contributed by atoms with E-state index in [1.807, 2.05) is 0 Å². The highest BCUT2D eigenvalue weighted by Gasteiger charge is 2.04. The summed E-state index contributed by atoms with van der Waals surface area (Å²) in [7, 11) is 0. The second kappa shape index (κ2) is 4.37. The fraction of sp³-hybridized carbons (Fsp3) is 0. The van der Waals surface area contributed by atoms with Gasteiger partial charge in [-0.2, -0.15) is 0 Å². The van der Waals surface area contributed by atoms with E-state index in [0.717, 1.165) is 0 Å². The maximum absolute atomic E-state index is 12.9.